The Morgan fingerprint density at radius 1 is 1.47 bits per heavy atom. The van der Waals surface area contributed by atoms with Gasteiger partial charge in [-0.3, -0.25) is 4.79 Å². The van der Waals surface area contributed by atoms with Gasteiger partial charge in [-0.2, -0.15) is 0 Å². The fourth-order valence-corrected chi connectivity index (χ4v) is 2.15. The number of carbonyl (C=O) groups is 1. The zero-order valence-electron chi connectivity index (χ0n) is 10.3. The first-order valence-electron chi connectivity index (χ1n) is 6.11. The molecular formula is C13H15Cl2NO3. The summed E-state index contributed by atoms with van der Waals surface area (Å²) in [4.78, 5) is 11.6. The normalized spacial score (nSPS) is 18.3. The average molecular weight is 304 g/mol. The number of benzene rings is 1. The second-order valence-electron chi connectivity index (χ2n) is 4.30. The van der Waals surface area contributed by atoms with Crippen LogP contribution in [0, 0.1) is 0 Å². The van der Waals surface area contributed by atoms with Gasteiger partial charge in [0.15, 0.2) is 6.61 Å². The maximum atomic E-state index is 11.6. The molecular weight excluding hydrogens is 289 g/mol. The largest absolute Gasteiger partial charge is 0.482 e. The Balaban J connectivity index is 1.74. The summed E-state index contributed by atoms with van der Waals surface area (Å²) in [6.07, 6.45) is 2.16. The maximum absolute atomic E-state index is 11.6. The van der Waals surface area contributed by atoms with Gasteiger partial charge in [-0.05, 0) is 25.0 Å². The van der Waals surface area contributed by atoms with E-state index in [1.165, 1.54) is 0 Å². The SMILES string of the molecule is O=C(COc1cc(Cl)ccc1Cl)NC[C@H]1CCCO1. The van der Waals surface area contributed by atoms with Crippen LogP contribution in [-0.2, 0) is 9.53 Å². The summed E-state index contributed by atoms with van der Waals surface area (Å²) in [5.74, 6) is 0.202. The van der Waals surface area contributed by atoms with Crippen LogP contribution >= 0.6 is 23.2 Å². The summed E-state index contributed by atoms with van der Waals surface area (Å²) in [5, 5.41) is 3.70. The second-order valence-corrected chi connectivity index (χ2v) is 5.15. The predicted octanol–water partition coefficient (Wildman–Crippen LogP) is 2.67. The third kappa shape index (κ3) is 4.56. The molecule has 1 aromatic rings. The summed E-state index contributed by atoms with van der Waals surface area (Å²) >= 11 is 11.7. The van der Waals surface area contributed by atoms with Crippen molar-refractivity contribution in [1.29, 1.82) is 0 Å². The Labute approximate surface area is 122 Å². The minimum absolute atomic E-state index is 0.0905. The summed E-state index contributed by atoms with van der Waals surface area (Å²) in [5.41, 5.74) is 0. The van der Waals surface area contributed by atoms with Crippen LogP contribution in [0.15, 0.2) is 18.2 Å². The van der Waals surface area contributed by atoms with Crippen LogP contribution in [0.4, 0.5) is 0 Å². The molecule has 1 atom stereocenters. The van der Waals surface area contributed by atoms with Crippen molar-refractivity contribution < 1.29 is 14.3 Å². The summed E-state index contributed by atoms with van der Waals surface area (Å²) in [7, 11) is 0. The highest BCUT2D eigenvalue weighted by Crippen LogP contribution is 2.27. The first-order valence-corrected chi connectivity index (χ1v) is 6.87. The van der Waals surface area contributed by atoms with Crippen LogP contribution in [-0.4, -0.2) is 31.8 Å². The van der Waals surface area contributed by atoms with Crippen LogP contribution < -0.4 is 10.1 Å². The van der Waals surface area contributed by atoms with Crippen molar-refractivity contribution in [1.82, 2.24) is 5.32 Å². The molecule has 1 N–H and O–H groups in total. The highest BCUT2D eigenvalue weighted by atomic mass is 35.5. The van der Waals surface area contributed by atoms with Crippen molar-refractivity contribution in [3.8, 4) is 5.75 Å². The van der Waals surface area contributed by atoms with Crippen molar-refractivity contribution in [3.63, 3.8) is 0 Å². The number of hydrogen-bond donors (Lipinski definition) is 1. The third-order valence-corrected chi connectivity index (χ3v) is 3.35. The molecule has 4 nitrogen and oxygen atoms in total. The number of nitrogens with one attached hydrogen (secondary N) is 1. The molecule has 104 valence electrons. The number of ether oxygens (including phenoxy) is 2. The zero-order chi connectivity index (χ0) is 13.7. The van der Waals surface area contributed by atoms with Gasteiger partial charge in [0.05, 0.1) is 11.1 Å². The van der Waals surface area contributed by atoms with E-state index in [1.807, 2.05) is 0 Å². The van der Waals surface area contributed by atoms with Crippen molar-refractivity contribution in [2.75, 3.05) is 19.8 Å². The lowest BCUT2D eigenvalue weighted by molar-refractivity contribution is -0.123. The van der Waals surface area contributed by atoms with E-state index in [0.29, 0.717) is 22.3 Å². The fourth-order valence-electron chi connectivity index (χ4n) is 1.82. The van der Waals surface area contributed by atoms with Crippen molar-refractivity contribution >= 4 is 29.1 Å². The molecule has 1 aromatic carbocycles. The first kappa shape index (κ1) is 14.4. The lowest BCUT2D eigenvalue weighted by Gasteiger charge is -2.12. The van der Waals surface area contributed by atoms with Crippen LogP contribution in [0.3, 0.4) is 0 Å². The molecule has 1 aliphatic heterocycles. The Bertz CT molecular complexity index is 448. The Morgan fingerprint density at radius 3 is 3.05 bits per heavy atom. The summed E-state index contributed by atoms with van der Waals surface area (Å²) in [6, 6.07) is 4.87. The lowest BCUT2D eigenvalue weighted by Crippen LogP contribution is -2.35. The van der Waals surface area contributed by atoms with E-state index in [-0.39, 0.29) is 18.6 Å². The van der Waals surface area contributed by atoms with Gasteiger partial charge in [0.2, 0.25) is 0 Å². The number of halogens is 2. The Morgan fingerprint density at radius 2 is 2.32 bits per heavy atom. The molecule has 0 radical (unpaired) electrons. The quantitative estimate of drug-likeness (QED) is 0.910. The predicted molar refractivity (Wildman–Crippen MR) is 73.9 cm³/mol. The maximum Gasteiger partial charge on any atom is 0.258 e. The highest BCUT2D eigenvalue weighted by molar-refractivity contribution is 6.34. The summed E-state index contributed by atoms with van der Waals surface area (Å²) < 4.78 is 10.7. The second kappa shape index (κ2) is 6.98. The number of amides is 1. The van der Waals surface area contributed by atoms with Crippen LogP contribution in [0.25, 0.3) is 0 Å². The first-order chi connectivity index (χ1) is 9.15. The molecule has 2 rings (SSSR count). The van der Waals surface area contributed by atoms with E-state index >= 15 is 0 Å². The molecule has 0 bridgehead atoms. The number of hydrogen-bond acceptors (Lipinski definition) is 3. The van der Waals surface area contributed by atoms with Gasteiger partial charge >= 0.3 is 0 Å². The number of carbonyl (C=O) groups excluding carboxylic acids is 1. The van der Waals surface area contributed by atoms with E-state index in [1.54, 1.807) is 18.2 Å². The lowest BCUT2D eigenvalue weighted by atomic mass is 10.2. The molecule has 1 fully saturated rings. The molecule has 1 heterocycles. The van der Waals surface area contributed by atoms with Crippen molar-refractivity contribution in [3.05, 3.63) is 28.2 Å². The Kier molecular flexibility index (Phi) is 5.31. The van der Waals surface area contributed by atoms with Crippen LogP contribution in [0.1, 0.15) is 12.8 Å². The fraction of sp³-hybridized carbons (Fsp3) is 0.462. The molecule has 6 heteroatoms. The van der Waals surface area contributed by atoms with E-state index in [0.717, 1.165) is 19.4 Å². The van der Waals surface area contributed by atoms with Crippen molar-refractivity contribution in [2.24, 2.45) is 0 Å². The molecule has 1 saturated heterocycles. The van der Waals surface area contributed by atoms with Crippen LogP contribution in [0.5, 0.6) is 5.75 Å². The highest BCUT2D eigenvalue weighted by Gasteiger charge is 2.16. The van der Waals surface area contributed by atoms with E-state index in [2.05, 4.69) is 5.32 Å². The molecule has 0 unspecified atom stereocenters. The molecule has 19 heavy (non-hydrogen) atoms. The standard InChI is InChI=1S/C13H15Cl2NO3/c14-9-3-4-11(15)12(6-9)19-8-13(17)16-7-10-2-1-5-18-10/h3-4,6,10H,1-2,5,7-8H2,(H,16,17)/t10-/m1/s1. The smallest absolute Gasteiger partial charge is 0.258 e. The third-order valence-electron chi connectivity index (χ3n) is 2.80. The van der Waals surface area contributed by atoms with Gasteiger partial charge in [-0.15, -0.1) is 0 Å². The minimum atomic E-state index is -0.202. The van der Waals surface area contributed by atoms with Gasteiger partial charge < -0.3 is 14.8 Å². The van der Waals surface area contributed by atoms with Gasteiger partial charge in [0, 0.05) is 24.2 Å². The van der Waals surface area contributed by atoms with Gasteiger partial charge in [-0.25, -0.2) is 0 Å². The van der Waals surface area contributed by atoms with E-state index in [9.17, 15) is 4.79 Å². The summed E-state index contributed by atoms with van der Waals surface area (Å²) in [6.45, 7) is 1.20. The van der Waals surface area contributed by atoms with Gasteiger partial charge in [0.25, 0.3) is 5.91 Å². The monoisotopic (exact) mass is 303 g/mol. The van der Waals surface area contributed by atoms with E-state index < -0.39 is 0 Å². The van der Waals surface area contributed by atoms with Crippen molar-refractivity contribution in [2.45, 2.75) is 18.9 Å². The zero-order valence-corrected chi connectivity index (χ0v) is 11.8. The van der Waals surface area contributed by atoms with Crippen LogP contribution in [0.2, 0.25) is 10.0 Å². The molecule has 0 aliphatic carbocycles. The molecule has 0 aromatic heterocycles. The average Bonchev–Trinajstić information content (AvgIpc) is 2.90. The van der Waals surface area contributed by atoms with E-state index in [4.69, 9.17) is 32.7 Å². The topological polar surface area (TPSA) is 47.6 Å². The van der Waals surface area contributed by atoms with Gasteiger partial charge in [-0.1, -0.05) is 23.2 Å². The molecule has 1 aliphatic rings. The van der Waals surface area contributed by atoms with Gasteiger partial charge in [0.1, 0.15) is 5.75 Å². The molecule has 0 saturated carbocycles. The molecule has 0 spiro atoms. The molecule has 1 amide bonds. The number of rotatable bonds is 5. The minimum Gasteiger partial charge on any atom is -0.482 e. The Hall–Kier alpha value is -0.970.